The van der Waals surface area contributed by atoms with E-state index >= 15 is 0 Å². The van der Waals surface area contributed by atoms with Crippen molar-refractivity contribution < 1.29 is 9.53 Å². The lowest BCUT2D eigenvalue weighted by molar-refractivity contribution is -0.115. The smallest absolute Gasteiger partial charge is 0.243 e. The van der Waals surface area contributed by atoms with Crippen LogP contribution in [0.25, 0.3) is 0 Å². The molecule has 0 aromatic heterocycles. The van der Waals surface area contributed by atoms with Crippen LogP contribution in [0.1, 0.15) is 12.5 Å². The van der Waals surface area contributed by atoms with Gasteiger partial charge in [-0.2, -0.15) is 0 Å². The van der Waals surface area contributed by atoms with E-state index in [9.17, 15) is 4.79 Å². The number of ether oxygens (including phenoxy) is 1. The van der Waals surface area contributed by atoms with Gasteiger partial charge in [-0.15, -0.1) is 0 Å². The Labute approximate surface area is 130 Å². The molecule has 0 radical (unpaired) electrons. The molecule has 4 heteroatoms. The fourth-order valence-corrected chi connectivity index (χ4v) is 2.77. The van der Waals surface area contributed by atoms with Crippen molar-refractivity contribution in [2.75, 3.05) is 29.9 Å². The zero-order valence-electron chi connectivity index (χ0n) is 12.7. The number of carbonyl (C=O) groups is 1. The highest BCUT2D eigenvalue weighted by Crippen LogP contribution is 2.27. The first-order valence-electron chi connectivity index (χ1n) is 7.62. The molecule has 1 heterocycles. The number of hydrogen-bond donors (Lipinski definition) is 1. The minimum Gasteiger partial charge on any atom is -0.494 e. The van der Waals surface area contributed by atoms with Crippen LogP contribution in [-0.2, 0) is 11.2 Å². The zero-order valence-corrected chi connectivity index (χ0v) is 12.7. The summed E-state index contributed by atoms with van der Waals surface area (Å²) >= 11 is 0. The molecule has 4 nitrogen and oxygen atoms in total. The van der Waals surface area contributed by atoms with Crippen LogP contribution in [0.15, 0.2) is 48.5 Å². The summed E-state index contributed by atoms with van der Waals surface area (Å²) in [6.07, 6.45) is 1.00. The Hall–Kier alpha value is -2.49. The van der Waals surface area contributed by atoms with E-state index in [0.29, 0.717) is 13.2 Å². The van der Waals surface area contributed by atoms with E-state index < -0.39 is 0 Å². The maximum absolute atomic E-state index is 12.3. The Kier molecular flexibility index (Phi) is 4.28. The number of nitrogens with one attached hydrogen (secondary N) is 1. The van der Waals surface area contributed by atoms with E-state index in [1.807, 2.05) is 43.3 Å². The topological polar surface area (TPSA) is 41.6 Å². The Morgan fingerprint density at radius 2 is 2.09 bits per heavy atom. The number of benzene rings is 2. The Morgan fingerprint density at radius 1 is 1.23 bits per heavy atom. The molecule has 0 saturated carbocycles. The van der Waals surface area contributed by atoms with Gasteiger partial charge in [0, 0.05) is 24.0 Å². The average molecular weight is 296 g/mol. The SMILES string of the molecule is CCOc1cccc(NC(=O)CN2CCc3ccccc32)c1. The molecule has 1 aliphatic rings. The Morgan fingerprint density at radius 3 is 2.95 bits per heavy atom. The second kappa shape index (κ2) is 6.52. The van der Waals surface area contributed by atoms with Crippen molar-refractivity contribution in [2.45, 2.75) is 13.3 Å². The molecule has 1 amide bonds. The molecule has 0 unspecified atom stereocenters. The van der Waals surface area contributed by atoms with E-state index in [0.717, 1.165) is 24.4 Å². The van der Waals surface area contributed by atoms with Crippen LogP contribution in [-0.4, -0.2) is 25.6 Å². The number of anilines is 2. The summed E-state index contributed by atoms with van der Waals surface area (Å²) in [6, 6.07) is 15.7. The summed E-state index contributed by atoms with van der Waals surface area (Å²) in [5.74, 6) is 0.761. The largest absolute Gasteiger partial charge is 0.494 e. The van der Waals surface area contributed by atoms with E-state index in [4.69, 9.17) is 4.74 Å². The van der Waals surface area contributed by atoms with Gasteiger partial charge in [0.2, 0.25) is 5.91 Å². The molecule has 22 heavy (non-hydrogen) atoms. The Bertz CT molecular complexity index is 670. The number of amides is 1. The van der Waals surface area contributed by atoms with Gasteiger partial charge in [0.1, 0.15) is 5.75 Å². The number of rotatable bonds is 5. The average Bonchev–Trinajstić information content (AvgIpc) is 2.91. The van der Waals surface area contributed by atoms with Crippen molar-refractivity contribution in [2.24, 2.45) is 0 Å². The fraction of sp³-hybridized carbons (Fsp3) is 0.278. The highest BCUT2D eigenvalue weighted by Gasteiger charge is 2.20. The maximum Gasteiger partial charge on any atom is 0.243 e. The molecule has 2 aromatic carbocycles. The van der Waals surface area contributed by atoms with E-state index in [1.165, 1.54) is 11.3 Å². The van der Waals surface area contributed by atoms with Crippen molar-refractivity contribution in [1.82, 2.24) is 0 Å². The molecular weight excluding hydrogens is 276 g/mol. The number of para-hydroxylation sites is 1. The van der Waals surface area contributed by atoms with Crippen molar-refractivity contribution in [1.29, 1.82) is 0 Å². The maximum atomic E-state index is 12.3. The highest BCUT2D eigenvalue weighted by atomic mass is 16.5. The molecular formula is C18H20N2O2. The van der Waals surface area contributed by atoms with Gasteiger partial charge < -0.3 is 15.0 Å². The molecule has 1 aliphatic heterocycles. The van der Waals surface area contributed by atoms with E-state index in [2.05, 4.69) is 22.3 Å². The lowest BCUT2D eigenvalue weighted by Gasteiger charge is -2.18. The van der Waals surface area contributed by atoms with Gasteiger partial charge in [-0.3, -0.25) is 4.79 Å². The van der Waals surface area contributed by atoms with Crippen LogP contribution in [0.3, 0.4) is 0 Å². The second-order valence-electron chi connectivity index (χ2n) is 5.31. The van der Waals surface area contributed by atoms with Crippen LogP contribution in [0.2, 0.25) is 0 Å². The van der Waals surface area contributed by atoms with Crippen LogP contribution in [0, 0.1) is 0 Å². The fourth-order valence-electron chi connectivity index (χ4n) is 2.77. The zero-order chi connectivity index (χ0) is 15.4. The summed E-state index contributed by atoms with van der Waals surface area (Å²) in [5, 5.41) is 2.94. The Balaban J connectivity index is 1.63. The third-order valence-electron chi connectivity index (χ3n) is 3.75. The normalized spacial score (nSPS) is 12.9. The first-order chi connectivity index (χ1) is 10.8. The van der Waals surface area contributed by atoms with Crippen LogP contribution in [0.4, 0.5) is 11.4 Å². The third-order valence-corrected chi connectivity index (χ3v) is 3.75. The lowest BCUT2D eigenvalue weighted by Crippen LogP contribution is -2.31. The summed E-state index contributed by atoms with van der Waals surface area (Å²) < 4.78 is 5.45. The van der Waals surface area contributed by atoms with Gasteiger partial charge in [-0.1, -0.05) is 24.3 Å². The van der Waals surface area contributed by atoms with Crippen LogP contribution in [0.5, 0.6) is 5.75 Å². The molecule has 0 spiro atoms. The first kappa shape index (κ1) is 14.4. The number of fused-ring (bicyclic) bond motifs is 1. The summed E-state index contributed by atoms with van der Waals surface area (Å²) in [4.78, 5) is 14.4. The van der Waals surface area contributed by atoms with Gasteiger partial charge in [0.05, 0.1) is 13.2 Å². The van der Waals surface area contributed by atoms with Gasteiger partial charge >= 0.3 is 0 Å². The molecule has 0 atom stereocenters. The summed E-state index contributed by atoms with van der Waals surface area (Å²) in [5.41, 5.74) is 3.25. The number of carbonyl (C=O) groups excluding carboxylic acids is 1. The first-order valence-corrected chi connectivity index (χ1v) is 7.62. The minimum atomic E-state index is -0.00893. The molecule has 1 N–H and O–H groups in total. The summed E-state index contributed by atoms with van der Waals surface area (Å²) in [6.45, 7) is 3.82. The lowest BCUT2D eigenvalue weighted by atomic mass is 10.2. The minimum absolute atomic E-state index is 0.00893. The second-order valence-corrected chi connectivity index (χ2v) is 5.31. The standard InChI is InChI=1S/C18H20N2O2/c1-2-22-16-8-5-7-15(12-16)19-18(21)13-20-11-10-14-6-3-4-9-17(14)20/h3-9,12H,2,10-11,13H2,1H3,(H,19,21). The number of nitrogens with zero attached hydrogens (tertiary/aromatic N) is 1. The third kappa shape index (κ3) is 3.22. The van der Waals surface area contributed by atoms with Gasteiger partial charge in [0.15, 0.2) is 0 Å². The van der Waals surface area contributed by atoms with Crippen molar-refractivity contribution in [3.8, 4) is 5.75 Å². The molecule has 3 rings (SSSR count). The van der Waals surface area contributed by atoms with Crippen molar-refractivity contribution in [3.05, 3.63) is 54.1 Å². The molecule has 0 aliphatic carbocycles. The molecule has 0 bridgehead atoms. The van der Waals surface area contributed by atoms with Gasteiger partial charge in [-0.05, 0) is 37.1 Å². The van der Waals surface area contributed by atoms with Gasteiger partial charge in [-0.25, -0.2) is 0 Å². The monoisotopic (exact) mass is 296 g/mol. The predicted molar refractivity (Wildman–Crippen MR) is 88.6 cm³/mol. The predicted octanol–water partition coefficient (Wildman–Crippen LogP) is 3.09. The van der Waals surface area contributed by atoms with Crippen molar-refractivity contribution >= 4 is 17.3 Å². The van der Waals surface area contributed by atoms with Crippen LogP contribution < -0.4 is 15.0 Å². The van der Waals surface area contributed by atoms with E-state index in [1.54, 1.807) is 0 Å². The number of hydrogen-bond acceptors (Lipinski definition) is 3. The molecule has 114 valence electrons. The van der Waals surface area contributed by atoms with Crippen LogP contribution >= 0.6 is 0 Å². The molecule has 2 aromatic rings. The summed E-state index contributed by atoms with van der Waals surface area (Å²) in [7, 11) is 0. The van der Waals surface area contributed by atoms with E-state index in [-0.39, 0.29) is 5.91 Å². The van der Waals surface area contributed by atoms with Crippen molar-refractivity contribution in [3.63, 3.8) is 0 Å². The molecule has 0 saturated heterocycles. The molecule has 0 fully saturated rings. The highest BCUT2D eigenvalue weighted by molar-refractivity contribution is 5.94. The quantitative estimate of drug-likeness (QED) is 0.922. The van der Waals surface area contributed by atoms with Gasteiger partial charge in [0.25, 0.3) is 0 Å².